The average molecular weight is 283 g/mol. The molecule has 1 amide bonds. The van der Waals surface area contributed by atoms with E-state index in [1.54, 1.807) is 11.8 Å². The van der Waals surface area contributed by atoms with Crippen molar-refractivity contribution in [3.05, 3.63) is 65.2 Å². The number of amides is 1. The zero-order valence-corrected chi connectivity index (χ0v) is 12.3. The van der Waals surface area contributed by atoms with E-state index in [1.807, 2.05) is 47.4 Å². The molecule has 2 aromatic rings. The van der Waals surface area contributed by atoms with Gasteiger partial charge in [0.2, 0.25) is 0 Å². The highest BCUT2D eigenvalue weighted by Gasteiger charge is 2.24. The third kappa shape index (κ3) is 2.46. The van der Waals surface area contributed by atoms with Crippen molar-refractivity contribution in [3.8, 4) is 0 Å². The molecule has 102 valence electrons. The Hall–Kier alpha value is -1.74. The molecule has 0 unspecified atom stereocenters. The summed E-state index contributed by atoms with van der Waals surface area (Å²) in [5, 5.41) is 0. The van der Waals surface area contributed by atoms with Gasteiger partial charge in [0.05, 0.1) is 0 Å². The Labute approximate surface area is 123 Å². The second kappa shape index (κ2) is 5.71. The zero-order chi connectivity index (χ0) is 13.9. The highest BCUT2D eigenvalue weighted by atomic mass is 32.2. The van der Waals surface area contributed by atoms with Gasteiger partial charge in [0, 0.05) is 23.5 Å². The highest BCUT2D eigenvalue weighted by Crippen LogP contribution is 2.28. The Morgan fingerprint density at radius 3 is 2.65 bits per heavy atom. The minimum absolute atomic E-state index is 0.102. The Kier molecular flexibility index (Phi) is 3.79. The summed E-state index contributed by atoms with van der Waals surface area (Å²) in [4.78, 5) is 14.5. The highest BCUT2D eigenvalue weighted by molar-refractivity contribution is 7.97. The van der Waals surface area contributed by atoms with Crippen LogP contribution < -0.4 is 4.90 Å². The fraction of sp³-hybridized carbons (Fsp3) is 0.235. The lowest BCUT2D eigenvalue weighted by atomic mass is 10.1. The van der Waals surface area contributed by atoms with Crippen molar-refractivity contribution in [2.45, 2.75) is 12.2 Å². The molecule has 2 nitrogen and oxygen atoms in total. The minimum Gasteiger partial charge on any atom is -0.308 e. The number of para-hydroxylation sites is 1. The zero-order valence-electron chi connectivity index (χ0n) is 11.5. The number of carbonyl (C=O) groups is 1. The van der Waals surface area contributed by atoms with Crippen LogP contribution in [0.15, 0.2) is 48.5 Å². The SMILES string of the molecule is CSCc1ccc(C(=O)N2CCc3ccccc32)cc1. The van der Waals surface area contributed by atoms with Crippen LogP contribution in [-0.4, -0.2) is 18.7 Å². The Morgan fingerprint density at radius 2 is 1.90 bits per heavy atom. The van der Waals surface area contributed by atoms with Crippen LogP contribution in [0.2, 0.25) is 0 Å². The predicted octanol–water partition coefficient (Wildman–Crippen LogP) is 3.75. The molecule has 0 saturated carbocycles. The van der Waals surface area contributed by atoms with Gasteiger partial charge < -0.3 is 4.90 Å². The summed E-state index contributed by atoms with van der Waals surface area (Å²) < 4.78 is 0. The van der Waals surface area contributed by atoms with E-state index in [1.165, 1.54) is 11.1 Å². The van der Waals surface area contributed by atoms with E-state index in [2.05, 4.69) is 12.3 Å². The molecule has 0 saturated heterocycles. The van der Waals surface area contributed by atoms with Gasteiger partial charge in [0.25, 0.3) is 5.91 Å². The maximum Gasteiger partial charge on any atom is 0.258 e. The number of hydrogen-bond donors (Lipinski definition) is 0. The molecular formula is C17H17NOS. The molecule has 20 heavy (non-hydrogen) atoms. The molecule has 0 bridgehead atoms. The van der Waals surface area contributed by atoms with Crippen LogP contribution in [0.25, 0.3) is 0 Å². The van der Waals surface area contributed by atoms with Crippen molar-refractivity contribution in [3.63, 3.8) is 0 Å². The van der Waals surface area contributed by atoms with E-state index in [0.29, 0.717) is 0 Å². The Balaban J connectivity index is 1.83. The Bertz CT molecular complexity index is 621. The summed E-state index contributed by atoms with van der Waals surface area (Å²) in [6, 6.07) is 16.1. The maximum atomic E-state index is 12.6. The third-order valence-corrected chi connectivity index (χ3v) is 4.27. The second-order valence-electron chi connectivity index (χ2n) is 4.97. The fourth-order valence-electron chi connectivity index (χ4n) is 2.62. The number of hydrogen-bond acceptors (Lipinski definition) is 2. The summed E-state index contributed by atoms with van der Waals surface area (Å²) in [6.07, 6.45) is 3.03. The largest absolute Gasteiger partial charge is 0.308 e. The summed E-state index contributed by atoms with van der Waals surface area (Å²) >= 11 is 1.79. The fourth-order valence-corrected chi connectivity index (χ4v) is 3.14. The van der Waals surface area contributed by atoms with Crippen LogP contribution in [0, 0.1) is 0 Å². The van der Waals surface area contributed by atoms with Gasteiger partial charge in [-0.15, -0.1) is 0 Å². The number of rotatable bonds is 3. The molecule has 1 heterocycles. The minimum atomic E-state index is 0.102. The molecule has 0 fully saturated rings. The van der Waals surface area contributed by atoms with Crippen molar-refractivity contribution < 1.29 is 4.79 Å². The first-order chi connectivity index (χ1) is 9.79. The first-order valence-corrected chi connectivity index (χ1v) is 8.16. The van der Waals surface area contributed by atoms with Crippen LogP contribution in [0.5, 0.6) is 0 Å². The molecule has 0 aliphatic carbocycles. The number of nitrogens with zero attached hydrogens (tertiary/aromatic N) is 1. The monoisotopic (exact) mass is 283 g/mol. The van der Waals surface area contributed by atoms with Crippen LogP contribution in [0.3, 0.4) is 0 Å². The lowest BCUT2D eigenvalue weighted by molar-refractivity contribution is 0.0989. The van der Waals surface area contributed by atoms with Crippen molar-refractivity contribution in [2.75, 3.05) is 17.7 Å². The molecule has 1 aliphatic heterocycles. The van der Waals surface area contributed by atoms with Crippen LogP contribution in [0.4, 0.5) is 5.69 Å². The van der Waals surface area contributed by atoms with Gasteiger partial charge in [0.15, 0.2) is 0 Å². The van der Waals surface area contributed by atoms with E-state index in [0.717, 1.165) is 30.0 Å². The molecule has 3 rings (SSSR count). The smallest absolute Gasteiger partial charge is 0.258 e. The van der Waals surface area contributed by atoms with Crippen molar-refractivity contribution in [1.82, 2.24) is 0 Å². The number of thioether (sulfide) groups is 1. The summed E-state index contributed by atoms with van der Waals surface area (Å²) in [5.74, 6) is 1.09. The summed E-state index contributed by atoms with van der Waals surface area (Å²) in [7, 11) is 0. The summed E-state index contributed by atoms with van der Waals surface area (Å²) in [6.45, 7) is 0.782. The van der Waals surface area contributed by atoms with Gasteiger partial charge in [-0.3, -0.25) is 4.79 Å². The standard InChI is InChI=1S/C17H17NOS/c1-20-12-13-6-8-15(9-7-13)17(19)18-11-10-14-4-2-3-5-16(14)18/h2-9H,10-12H2,1H3. The molecule has 0 N–H and O–H groups in total. The van der Waals surface area contributed by atoms with Crippen LogP contribution >= 0.6 is 11.8 Å². The van der Waals surface area contributed by atoms with Gasteiger partial charge >= 0.3 is 0 Å². The van der Waals surface area contributed by atoms with Crippen LogP contribution in [0.1, 0.15) is 21.5 Å². The van der Waals surface area contributed by atoms with Gasteiger partial charge in [-0.2, -0.15) is 11.8 Å². The number of carbonyl (C=O) groups excluding carboxylic acids is 1. The normalized spacial score (nSPS) is 13.3. The van der Waals surface area contributed by atoms with E-state index in [9.17, 15) is 4.79 Å². The van der Waals surface area contributed by atoms with E-state index in [-0.39, 0.29) is 5.91 Å². The first kappa shape index (κ1) is 13.3. The van der Waals surface area contributed by atoms with Gasteiger partial charge in [-0.25, -0.2) is 0 Å². The quantitative estimate of drug-likeness (QED) is 0.855. The lowest BCUT2D eigenvalue weighted by Gasteiger charge is -2.17. The topological polar surface area (TPSA) is 20.3 Å². The van der Waals surface area contributed by atoms with Crippen molar-refractivity contribution in [2.24, 2.45) is 0 Å². The molecule has 2 aromatic carbocycles. The van der Waals surface area contributed by atoms with Gasteiger partial charge in [-0.05, 0) is 42.0 Å². The van der Waals surface area contributed by atoms with Crippen molar-refractivity contribution in [1.29, 1.82) is 0 Å². The molecule has 1 aliphatic rings. The van der Waals surface area contributed by atoms with Gasteiger partial charge in [0.1, 0.15) is 0 Å². The maximum absolute atomic E-state index is 12.6. The number of benzene rings is 2. The summed E-state index contributed by atoms with van der Waals surface area (Å²) in [5.41, 5.74) is 4.35. The van der Waals surface area contributed by atoms with Crippen LogP contribution in [-0.2, 0) is 12.2 Å². The predicted molar refractivity (Wildman–Crippen MR) is 85.5 cm³/mol. The average Bonchev–Trinajstić information content (AvgIpc) is 2.92. The Morgan fingerprint density at radius 1 is 1.15 bits per heavy atom. The molecule has 0 aromatic heterocycles. The lowest BCUT2D eigenvalue weighted by Crippen LogP contribution is -2.28. The number of fused-ring (bicyclic) bond motifs is 1. The van der Waals surface area contributed by atoms with E-state index < -0.39 is 0 Å². The molecule has 0 radical (unpaired) electrons. The van der Waals surface area contributed by atoms with E-state index in [4.69, 9.17) is 0 Å². The number of anilines is 1. The molecule has 0 spiro atoms. The molecule has 0 atom stereocenters. The van der Waals surface area contributed by atoms with Crippen molar-refractivity contribution >= 4 is 23.4 Å². The van der Waals surface area contributed by atoms with E-state index >= 15 is 0 Å². The first-order valence-electron chi connectivity index (χ1n) is 6.77. The molecule has 3 heteroatoms. The molecular weight excluding hydrogens is 266 g/mol. The van der Waals surface area contributed by atoms with Gasteiger partial charge in [-0.1, -0.05) is 30.3 Å². The third-order valence-electron chi connectivity index (χ3n) is 3.64. The second-order valence-corrected chi connectivity index (χ2v) is 5.83.